The van der Waals surface area contributed by atoms with Crippen LogP contribution in [0.1, 0.15) is 30.9 Å². The van der Waals surface area contributed by atoms with Gasteiger partial charge in [-0.3, -0.25) is 4.90 Å². The molecule has 1 aromatic carbocycles. The van der Waals surface area contributed by atoms with Gasteiger partial charge < -0.3 is 5.32 Å². The Balaban J connectivity index is 1.91. The lowest BCUT2D eigenvalue weighted by Gasteiger charge is -2.29. The Bertz CT molecular complexity index is 422. The van der Waals surface area contributed by atoms with Crippen molar-refractivity contribution in [3.63, 3.8) is 0 Å². The van der Waals surface area contributed by atoms with Gasteiger partial charge in [-0.05, 0) is 56.1 Å². The lowest BCUT2D eigenvalue weighted by molar-refractivity contribution is -0.137. The highest BCUT2D eigenvalue weighted by Gasteiger charge is 2.30. The summed E-state index contributed by atoms with van der Waals surface area (Å²) < 4.78 is 37.6. The van der Waals surface area contributed by atoms with Gasteiger partial charge in [-0.15, -0.1) is 0 Å². The van der Waals surface area contributed by atoms with Gasteiger partial charge in [-0.2, -0.15) is 13.2 Å². The van der Waals surface area contributed by atoms with Crippen molar-refractivity contribution < 1.29 is 13.2 Å². The van der Waals surface area contributed by atoms with Gasteiger partial charge in [-0.1, -0.05) is 19.1 Å². The molecule has 1 heterocycles. The second-order valence-corrected chi connectivity index (χ2v) is 5.72. The minimum atomic E-state index is -4.25. The number of hydrogen-bond acceptors (Lipinski definition) is 2. The van der Waals surface area contributed by atoms with Crippen molar-refractivity contribution >= 4 is 0 Å². The van der Waals surface area contributed by atoms with Crippen molar-refractivity contribution in [1.82, 2.24) is 10.2 Å². The Morgan fingerprint density at radius 1 is 1.14 bits per heavy atom. The van der Waals surface area contributed by atoms with E-state index in [1.54, 1.807) is 12.1 Å². The Kier molecular flexibility index (Phi) is 5.65. The molecule has 5 heteroatoms. The Hall–Kier alpha value is -1.07. The van der Waals surface area contributed by atoms with Gasteiger partial charge in [0.05, 0.1) is 5.56 Å². The molecule has 0 unspecified atom stereocenters. The highest BCUT2D eigenvalue weighted by molar-refractivity contribution is 5.24. The summed E-state index contributed by atoms with van der Waals surface area (Å²) >= 11 is 0. The van der Waals surface area contributed by atoms with Gasteiger partial charge in [0.15, 0.2) is 0 Å². The molecule has 0 bridgehead atoms. The van der Waals surface area contributed by atoms with Crippen LogP contribution in [-0.4, -0.2) is 31.1 Å². The molecular weight excluding hydrogens is 277 g/mol. The van der Waals surface area contributed by atoms with E-state index in [4.69, 9.17) is 0 Å². The number of nitrogens with zero attached hydrogens (tertiary/aromatic N) is 1. The van der Waals surface area contributed by atoms with Crippen molar-refractivity contribution in [1.29, 1.82) is 0 Å². The molecule has 1 aliphatic heterocycles. The molecule has 1 aromatic rings. The summed E-state index contributed by atoms with van der Waals surface area (Å²) in [7, 11) is 0. The van der Waals surface area contributed by atoms with E-state index < -0.39 is 11.7 Å². The van der Waals surface area contributed by atoms with Crippen LogP contribution in [-0.2, 0) is 12.7 Å². The van der Waals surface area contributed by atoms with Gasteiger partial charge >= 0.3 is 6.18 Å². The summed E-state index contributed by atoms with van der Waals surface area (Å²) in [5.41, 5.74) is 0.367. The minimum absolute atomic E-state index is 0.576. The van der Waals surface area contributed by atoms with Crippen molar-refractivity contribution in [3.8, 4) is 0 Å². The topological polar surface area (TPSA) is 15.3 Å². The molecule has 0 radical (unpaired) electrons. The fourth-order valence-electron chi connectivity index (χ4n) is 2.79. The summed E-state index contributed by atoms with van der Waals surface area (Å²) in [5, 5.41) is 3.35. The number of nitrogens with one attached hydrogen (secondary N) is 1. The molecule has 0 atom stereocenters. The number of piperidine rings is 1. The van der Waals surface area contributed by atoms with E-state index in [2.05, 4.69) is 17.1 Å². The van der Waals surface area contributed by atoms with E-state index in [9.17, 15) is 13.2 Å². The first-order valence-corrected chi connectivity index (χ1v) is 7.58. The van der Waals surface area contributed by atoms with Gasteiger partial charge in [-0.25, -0.2) is 0 Å². The van der Waals surface area contributed by atoms with Gasteiger partial charge in [0, 0.05) is 13.1 Å². The van der Waals surface area contributed by atoms with Crippen LogP contribution in [0, 0.1) is 5.92 Å². The minimum Gasteiger partial charge on any atom is -0.317 e. The number of hydrogen-bond donors (Lipinski definition) is 1. The predicted octanol–water partition coefficient (Wildman–Crippen LogP) is 3.53. The van der Waals surface area contributed by atoms with Crippen LogP contribution in [0.4, 0.5) is 13.2 Å². The summed E-state index contributed by atoms with van der Waals surface area (Å²) in [4.78, 5) is 2.32. The maximum atomic E-state index is 12.5. The fraction of sp³-hybridized carbons (Fsp3) is 0.625. The first-order chi connectivity index (χ1) is 9.99. The van der Waals surface area contributed by atoms with E-state index in [1.807, 2.05) is 0 Å². The molecule has 1 N–H and O–H groups in total. The summed E-state index contributed by atoms with van der Waals surface area (Å²) in [6, 6.07) is 5.53. The first-order valence-electron chi connectivity index (χ1n) is 7.58. The molecule has 2 nitrogen and oxygen atoms in total. The van der Waals surface area contributed by atoms with Crippen LogP contribution in [0.5, 0.6) is 0 Å². The lowest BCUT2D eigenvalue weighted by Crippen LogP contribution is -2.35. The molecule has 0 aromatic heterocycles. The van der Waals surface area contributed by atoms with Crippen molar-refractivity contribution in [2.45, 2.75) is 32.5 Å². The molecule has 0 aliphatic carbocycles. The van der Waals surface area contributed by atoms with E-state index in [0.29, 0.717) is 5.92 Å². The smallest absolute Gasteiger partial charge is 0.317 e. The largest absolute Gasteiger partial charge is 0.416 e. The fourth-order valence-corrected chi connectivity index (χ4v) is 2.79. The highest BCUT2D eigenvalue weighted by Crippen LogP contribution is 2.29. The molecule has 1 aliphatic rings. The zero-order chi connectivity index (χ0) is 15.3. The monoisotopic (exact) mass is 300 g/mol. The second kappa shape index (κ2) is 7.27. The number of benzene rings is 1. The maximum absolute atomic E-state index is 12.5. The average Bonchev–Trinajstić information content (AvgIpc) is 2.47. The van der Waals surface area contributed by atoms with Crippen LogP contribution in [0.25, 0.3) is 0 Å². The molecule has 1 fully saturated rings. The van der Waals surface area contributed by atoms with E-state index in [-0.39, 0.29) is 0 Å². The predicted molar refractivity (Wildman–Crippen MR) is 78.0 cm³/mol. The van der Waals surface area contributed by atoms with E-state index in [0.717, 1.165) is 38.3 Å². The van der Waals surface area contributed by atoms with Crippen LogP contribution >= 0.6 is 0 Å². The molecule has 21 heavy (non-hydrogen) atoms. The summed E-state index contributed by atoms with van der Waals surface area (Å²) in [6.45, 7) is 6.92. The van der Waals surface area contributed by atoms with Crippen molar-refractivity contribution in [3.05, 3.63) is 35.4 Å². The van der Waals surface area contributed by atoms with Crippen LogP contribution in [0.2, 0.25) is 0 Å². The van der Waals surface area contributed by atoms with E-state index in [1.165, 1.54) is 25.0 Å². The zero-order valence-electron chi connectivity index (χ0n) is 12.4. The molecule has 1 saturated heterocycles. The quantitative estimate of drug-likeness (QED) is 0.895. The van der Waals surface area contributed by atoms with Gasteiger partial charge in [0.1, 0.15) is 0 Å². The SMILES string of the molecule is CCN(Cc1ccc(C(F)(F)F)cc1)CC1CCNCC1. The van der Waals surface area contributed by atoms with Crippen LogP contribution < -0.4 is 5.32 Å². The zero-order valence-corrected chi connectivity index (χ0v) is 12.4. The average molecular weight is 300 g/mol. The van der Waals surface area contributed by atoms with Crippen LogP contribution in [0.15, 0.2) is 24.3 Å². The van der Waals surface area contributed by atoms with E-state index >= 15 is 0 Å². The Morgan fingerprint density at radius 3 is 2.29 bits per heavy atom. The third-order valence-electron chi connectivity index (χ3n) is 4.11. The van der Waals surface area contributed by atoms with Crippen LogP contribution in [0.3, 0.4) is 0 Å². The molecule has 0 saturated carbocycles. The normalized spacial score (nSPS) is 17.4. The third kappa shape index (κ3) is 5.00. The van der Waals surface area contributed by atoms with Gasteiger partial charge in [0.25, 0.3) is 0 Å². The molecule has 2 rings (SSSR count). The molecule has 0 amide bonds. The number of halogens is 3. The van der Waals surface area contributed by atoms with Crippen molar-refractivity contribution in [2.75, 3.05) is 26.2 Å². The van der Waals surface area contributed by atoms with Crippen molar-refractivity contribution in [2.24, 2.45) is 5.92 Å². The summed E-state index contributed by atoms with van der Waals surface area (Å²) in [6.07, 6.45) is -1.88. The maximum Gasteiger partial charge on any atom is 0.416 e. The third-order valence-corrected chi connectivity index (χ3v) is 4.11. The summed E-state index contributed by atoms with van der Waals surface area (Å²) in [5.74, 6) is 0.695. The number of alkyl halides is 3. The second-order valence-electron chi connectivity index (χ2n) is 5.72. The molecule has 0 spiro atoms. The Labute approximate surface area is 124 Å². The van der Waals surface area contributed by atoms with Gasteiger partial charge in [0.2, 0.25) is 0 Å². The Morgan fingerprint density at radius 2 is 1.76 bits per heavy atom. The molecule has 118 valence electrons. The highest BCUT2D eigenvalue weighted by atomic mass is 19.4. The number of rotatable bonds is 5. The molecular formula is C16H23F3N2. The lowest BCUT2D eigenvalue weighted by atomic mass is 9.97. The first kappa shape index (κ1) is 16.3. The standard InChI is InChI=1S/C16H23F3N2/c1-2-21(12-14-7-9-20-10-8-14)11-13-3-5-15(6-4-13)16(17,18)19/h3-6,14,20H,2,7-12H2,1H3.